The summed E-state index contributed by atoms with van der Waals surface area (Å²) in [5.41, 5.74) is 0.711. The summed E-state index contributed by atoms with van der Waals surface area (Å²) in [6, 6.07) is 16.8. The van der Waals surface area contributed by atoms with E-state index in [-0.39, 0.29) is 11.9 Å². The Kier molecular flexibility index (Phi) is 5.23. The molecule has 0 aliphatic heterocycles. The molecule has 0 fully saturated rings. The van der Waals surface area contributed by atoms with Crippen molar-refractivity contribution in [1.29, 1.82) is 0 Å². The molecule has 0 bridgehead atoms. The number of nitrogens with one attached hydrogen (secondary N) is 1. The molecule has 2 aromatic carbocycles. The van der Waals surface area contributed by atoms with Crippen LogP contribution in [0.15, 0.2) is 54.6 Å². The first-order valence-electron chi connectivity index (χ1n) is 6.83. The van der Waals surface area contributed by atoms with Crippen molar-refractivity contribution in [3.8, 4) is 11.5 Å². The number of carbonyl (C=O) groups excluding carboxylic acids is 1. The summed E-state index contributed by atoms with van der Waals surface area (Å²) in [6.07, 6.45) is 0. The Hall–Kier alpha value is -2.00. The summed E-state index contributed by atoms with van der Waals surface area (Å²) in [5, 5.41) is 2.07. The van der Waals surface area contributed by atoms with E-state index in [4.69, 9.17) is 16.3 Å². The molecule has 1 unspecified atom stereocenters. The molecule has 3 nitrogen and oxygen atoms in total. The molecular weight excluding hydrogens is 286 g/mol. The third-order valence-electron chi connectivity index (χ3n) is 2.79. The van der Waals surface area contributed by atoms with Crippen molar-refractivity contribution in [3.63, 3.8) is 0 Å². The van der Waals surface area contributed by atoms with Gasteiger partial charge in [-0.3, -0.25) is 4.79 Å². The summed E-state index contributed by atoms with van der Waals surface area (Å²) in [4.78, 5) is 11.9. The van der Waals surface area contributed by atoms with Crippen molar-refractivity contribution in [2.75, 3.05) is 0 Å². The molecule has 21 heavy (non-hydrogen) atoms. The highest BCUT2D eigenvalue weighted by molar-refractivity contribution is 6.30. The van der Waals surface area contributed by atoms with Gasteiger partial charge in [0.25, 0.3) is 0 Å². The zero-order valence-electron chi connectivity index (χ0n) is 12.0. The number of hydrogen-bond acceptors (Lipinski definition) is 2. The highest BCUT2D eigenvalue weighted by Gasteiger charge is 2.18. The summed E-state index contributed by atoms with van der Waals surface area (Å²) >= 11 is 6.21. The van der Waals surface area contributed by atoms with E-state index < -0.39 is 5.38 Å². The molecule has 2 rings (SSSR count). The summed E-state index contributed by atoms with van der Waals surface area (Å²) in [6.45, 7) is 3.80. The molecule has 0 aliphatic carbocycles. The lowest BCUT2D eigenvalue weighted by atomic mass is 10.1. The Labute approximate surface area is 129 Å². The minimum absolute atomic E-state index is 0.0579. The van der Waals surface area contributed by atoms with Crippen LogP contribution < -0.4 is 10.1 Å². The fraction of sp³-hybridized carbons (Fsp3) is 0.235. The molecule has 0 aliphatic rings. The van der Waals surface area contributed by atoms with Gasteiger partial charge in [-0.25, -0.2) is 0 Å². The van der Waals surface area contributed by atoms with Gasteiger partial charge in [0.15, 0.2) is 0 Å². The smallest absolute Gasteiger partial charge is 0.242 e. The Bertz CT molecular complexity index is 599. The monoisotopic (exact) mass is 303 g/mol. The van der Waals surface area contributed by atoms with Crippen LogP contribution in [0.1, 0.15) is 24.8 Å². The molecular formula is C17H18ClNO2. The quantitative estimate of drug-likeness (QED) is 0.837. The number of rotatable bonds is 5. The predicted octanol–water partition coefficient (Wildman–Crippen LogP) is 4.28. The second-order valence-electron chi connectivity index (χ2n) is 5.01. The fourth-order valence-corrected chi connectivity index (χ4v) is 2.07. The summed E-state index contributed by atoms with van der Waals surface area (Å²) in [5.74, 6) is 1.19. The van der Waals surface area contributed by atoms with Gasteiger partial charge in [0.1, 0.15) is 16.9 Å². The first-order valence-corrected chi connectivity index (χ1v) is 7.27. The standard InChI is InChI=1S/C17H18ClNO2/c1-12(2)19-17(20)16(18)13-7-6-10-15(11-13)21-14-8-4-3-5-9-14/h3-12,16H,1-2H3,(H,19,20). The van der Waals surface area contributed by atoms with Crippen LogP contribution in [0.2, 0.25) is 0 Å². The van der Waals surface area contributed by atoms with E-state index in [0.29, 0.717) is 11.3 Å². The van der Waals surface area contributed by atoms with Crippen LogP contribution in [0.25, 0.3) is 0 Å². The first-order chi connectivity index (χ1) is 10.1. The normalized spacial score (nSPS) is 12.0. The molecule has 0 saturated heterocycles. The van der Waals surface area contributed by atoms with E-state index >= 15 is 0 Å². The third-order valence-corrected chi connectivity index (χ3v) is 3.24. The largest absolute Gasteiger partial charge is 0.457 e. The Morgan fingerprint density at radius 2 is 1.71 bits per heavy atom. The maximum absolute atomic E-state index is 11.9. The van der Waals surface area contributed by atoms with Gasteiger partial charge < -0.3 is 10.1 Å². The average Bonchev–Trinajstić information content (AvgIpc) is 2.47. The van der Waals surface area contributed by atoms with Crippen LogP contribution in [0.3, 0.4) is 0 Å². The maximum Gasteiger partial charge on any atom is 0.242 e. The molecule has 2 aromatic rings. The van der Waals surface area contributed by atoms with Gasteiger partial charge in [-0.2, -0.15) is 0 Å². The van der Waals surface area contributed by atoms with E-state index in [2.05, 4.69) is 5.32 Å². The van der Waals surface area contributed by atoms with Gasteiger partial charge in [-0.1, -0.05) is 30.3 Å². The molecule has 4 heteroatoms. The lowest BCUT2D eigenvalue weighted by molar-refractivity contribution is -0.121. The van der Waals surface area contributed by atoms with Gasteiger partial charge in [0.2, 0.25) is 5.91 Å². The molecule has 0 saturated carbocycles. The van der Waals surface area contributed by atoms with E-state index in [1.165, 1.54) is 0 Å². The van der Waals surface area contributed by atoms with Crippen molar-refractivity contribution in [2.24, 2.45) is 0 Å². The second-order valence-corrected chi connectivity index (χ2v) is 5.45. The van der Waals surface area contributed by atoms with Gasteiger partial charge in [0.05, 0.1) is 0 Å². The third kappa shape index (κ3) is 4.50. The predicted molar refractivity (Wildman–Crippen MR) is 84.8 cm³/mol. The molecule has 1 atom stereocenters. The van der Waals surface area contributed by atoms with Crippen molar-refractivity contribution in [2.45, 2.75) is 25.3 Å². The van der Waals surface area contributed by atoms with Gasteiger partial charge in [-0.15, -0.1) is 11.6 Å². The Morgan fingerprint density at radius 3 is 2.38 bits per heavy atom. The zero-order chi connectivity index (χ0) is 15.2. The highest BCUT2D eigenvalue weighted by atomic mass is 35.5. The maximum atomic E-state index is 11.9. The van der Waals surface area contributed by atoms with Crippen LogP contribution in [0.5, 0.6) is 11.5 Å². The van der Waals surface area contributed by atoms with E-state index in [1.807, 2.05) is 62.4 Å². The number of amides is 1. The molecule has 110 valence electrons. The number of alkyl halides is 1. The molecule has 0 spiro atoms. The molecule has 0 heterocycles. The minimum atomic E-state index is -0.730. The van der Waals surface area contributed by atoms with Crippen LogP contribution in [0, 0.1) is 0 Å². The van der Waals surface area contributed by atoms with Gasteiger partial charge in [-0.05, 0) is 43.7 Å². The average molecular weight is 304 g/mol. The number of benzene rings is 2. The number of halogens is 1. The lowest BCUT2D eigenvalue weighted by Crippen LogP contribution is -2.32. The van der Waals surface area contributed by atoms with Crippen molar-refractivity contribution in [1.82, 2.24) is 5.32 Å². The van der Waals surface area contributed by atoms with Crippen molar-refractivity contribution in [3.05, 3.63) is 60.2 Å². The van der Waals surface area contributed by atoms with Crippen LogP contribution in [-0.2, 0) is 4.79 Å². The topological polar surface area (TPSA) is 38.3 Å². The first kappa shape index (κ1) is 15.4. The summed E-state index contributed by atoms with van der Waals surface area (Å²) < 4.78 is 5.74. The van der Waals surface area contributed by atoms with E-state index in [0.717, 1.165) is 5.75 Å². The van der Waals surface area contributed by atoms with E-state index in [9.17, 15) is 4.79 Å². The van der Waals surface area contributed by atoms with Gasteiger partial charge >= 0.3 is 0 Å². The van der Waals surface area contributed by atoms with Crippen LogP contribution in [-0.4, -0.2) is 11.9 Å². The lowest BCUT2D eigenvalue weighted by Gasteiger charge is -2.14. The fourth-order valence-electron chi connectivity index (χ4n) is 1.87. The molecule has 1 amide bonds. The number of hydrogen-bond donors (Lipinski definition) is 1. The Balaban J connectivity index is 2.12. The molecule has 0 radical (unpaired) electrons. The Morgan fingerprint density at radius 1 is 1.05 bits per heavy atom. The number of ether oxygens (including phenoxy) is 1. The number of carbonyl (C=O) groups is 1. The zero-order valence-corrected chi connectivity index (χ0v) is 12.8. The van der Waals surface area contributed by atoms with Crippen molar-refractivity contribution >= 4 is 17.5 Å². The minimum Gasteiger partial charge on any atom is -0.457 e. The van der Waals surface area contributed by atoms with Crippen molar-refractivity contribution < 1.29 is 9.53 Å². The SMILES string of the molecule is CC(C)NC(=O)C(Cl)c1cccc(Oc2ccccc2)c1. The molecule has 1 N–H and O–H groups in total. The van der Waals surface area contributed by atoms with Crippen LogP contribution in [0.4, 0.5) is 0 Å². The second kappa shape index (κ2) is 7.14. The van der Waals surface area contributed by atoms with Gasteiger partial charge in [0, 0.05) is 6.04 Å². The van der Waals surface area contributed by atoms with Crippen LogP contribution >= 0.6 is 11.6 Å². The summed E-state index contributed by atoms with van der Waals surface area (Å²) in [7, 11) is 0. The molecule has 0 aromatic heterocycles. The van der Waals surface area contributed by atoms with E-state index in [1.54, 1.807) is 6.07 Å². The number of para-hydroxylation sites is 1. The highest BCUT2D eigenvalue weighted by Crippen LogP contribution is 2.27.